The third-order valence-electron chi connectivity index (χ3n) is 4.68. The number of carbonyl (C=O) groups excluding carboxylic acids is 2. The van der Waals surface area contributed by atoms with Crippen molar-refractivity contribution in [3.8, 4) is 11.8 Å². The van der Waals surface area contributed by atoms with E-state index >= 15 is 0 Å². The van der Waals surface area contributed by atoms with Gasteiger partial charge in [-0.05, 0) is 77.3 Å². The van der Waals surface area contributed by atoms with Crippen molar-refractivity contribution in [2.24, 2.45) is 0 Å². The SMILES string of the molecule is Cc1ccc(NC(=O)COc2ccc(/C=C(\C#N)C(=O)Nc3ccccc3)cc2Br)c(C)c1. The lowest BCUT2D eigenvalue weighted by atomic mass is 10.1. The van der Waals surface area contributed by atoms with Crippen molar-refractivity contribution in [1.29, 1.82) is 5.26 Å². The molecule has 0 spiro atoms. The molecule has 0 heterocycles. The van der Waals surface area contributed by atoms with Gasteiger partial charge in [0.15, 0.2) is 6.61 Å². The van der Waals surface area contributed by atoms with E-state index in [2.05, 4.69) is 26.6 Å². The van der Waals surface area contributed by atoms with E-state index in [1.807, 2.05) is 44.2 Å². The summed E-state index contributed by atoms with van der Waals surface area (Å²) in [6.07, 6.45) is 1.49. The van der Waals surface area contributed by atoms with Gasteiger partial charge in [-0.1, -0.05) is 42.0 Å². The number of halogens is 1. The van der Waals surface area contributed by atoms with Crippen LogP contribution in [0.15, 0.2) is 76.8 Å². The summed E-state index contributed by atoms with van der Waals surface area (Å²) in [5.74, 6) is -0.305. The van der Waals surface area contributed by atoms with Crippen LogP contribution in [0, 0.1) is 25.2 Å². The maximum atomic E-state index is 12.4. The summed E-state index contributed by atoms with van der Waals surface area (Å²) < 4.78 is 6.22. The maximum Gasteiger partial charge on any atom is 0.266 e. The second kappa shape index (κ2) is 11.1. The number of nitrogens with one attached hydrogen (secondary N) is 2. The van der Waals surface area contributed by atoms with Gasteiger partial charge in [0.25, 0.3) is 11.8 Å². The molecule has 3 aromatic rings. The van der Waals surface area contributed by atoms with Crippen LogP contribution in [0.25, 0.3) is 6.08 Å². The van der Waals surface area contributed by atoms with E-state index in [-0.39, 0.29) is 18.1 Å². The van der Waals surface area contributed by atoms with Crippen LogP contribution in [0.4, 0.5) is 11.4 Å². The lowest BCUT2D eigenvalue weighted by molar-refractivity contribution is -0.118. The van der Waals surface area contributed by atoms with E-state index in [1.165, 1.54) is 6.08 Å². The minimum atomic E-state index is -0.497. The van der Waals surface area contributed by atoms with Gasteiger partial charge >= 0.3 is 0 Å². The lowest BCUT2D eigenvalue weighted by Gasteiger charge is -2.11. The fourth-order valence-corrected chi connectivity index (χ4v) is 3.55. The Hall–Kier alpha value is -3.89. The minimum absolute atomic E-state index is 0.0349. The van der Waals surface area contributed by atoms with E-state index in [9.17, 15) is 14.9 Å². The number of nitrogens with zero attached hydrogens (tertiary/aromatic N) is 1. The van der Waals surface area contributed by atoms with Gasteiger partial charge in [0.05, 0.1) is 4.47 Å². The van der Waals surface area contributed by atoms with Crippen LogP contribution in [-0.4, -0.2) is 18.4 Å². The molecule has 0 saturated carbocycles. The molecule has 0 saturated heterocycles. The molecule has 2 amide bonds. The number of nitriles is 1. The molecule has 0 aromatic heterocycles. The van der Waals surface area contributed by atoms with Gasteiger partial charge < -0.3 is 15.4 Å². The molecule has 0 aliphatic heterocycles. The second-order valence-electron chi connectivity index (χ2n) is 7.34. The number of hydrogen-bond acceptors (Lipinski definition) is 4. The van der Waals surface area contributed by atoms with E-state index in [0.717, 1.165) is 16.8 Å². The number of carbonyl (C=O) groups is 2. The Labute approximate surface area is 201 Å². The molecule has 7 heteroatoms. The highest BCUT2D eigenvalue weighted by atomic mass is 79.9. The molecule has 0 aliphatic carbocycles. The summed E-state index contributed by atoms with van der Waals surface area (Å²) in [7, 11) is 0. The zero-order chi connectivity index (χ0) is 23.8. The number of aryl methyl sites for hydroxylation is 2. The van der Waals surface area contributed by atoms with Crippen LogP contribution in [-0.2, 0) is 9.59 Å². The number of para-hydroxylation sites is 1. The van der Waals surface area contributed by atoms with Gasteiger partial charge in [0.1, 0.15) is 17.4 Å². The first-order chi connectivity index (χ1) is 15.9. The molecular weight excluding hydrogens is 482 g/mol. The van der Waals surface area contributed by atoms with Crippen LogP contribution in [0.5, 0.6) is 5.75 Å². The maximum absolute atomic E-state index is 12.4. The topological polar surface area (TPSA) is 91.2 Å². The average Bonchev–Trinajstić information content (AvgIpc) is 2.79. The van der Waals surface area contributed by atoms with E-state index < -0.39 is 5.91 Å². The molecule has 0 atom stereocenters. The second-order valence-corrected chi connectivity index (χ2v) is 8.19. The average molecular weight is 504 g/mol. The van der Waals surface area contributed by atoms with Gasteiger partial charge in [-0.15, -0.1) is 0 Å². The summed E-state index contributed by atoms with van der Waals surface area (Å²) in [6, 6.07) is 21.7. The highest BCUT2D eigenvalue weighted by molar-refractivity contribution is 9.10. The van der Waals surface area contributed by atoms with Crippen LogP contribution in [0.3, 0.4) is 0 Å². The highest BCUT2D eigenvalue weighted by Gasteiger charge is 2.11. The zero-order valence-corrected chi connectivity index (χ0v) is 19.8. The Kier molecular flexibility index (Phi) is 8.01. The number of hydrogen-bond donors (Lipinski definition) is 2. The van der Waals surface area contributed by atoms with Crippen molar-refractivity contribution in [3.05, 3.63) is 93.5 Å². The van der Waals surface area contributed by atoms with E-state index in [1.54, 1.807) is 42.5 Å². The number of anilines is 2. The standard InChI is InChI=1S/C26H22BrN3O3/c1-17-8-10-23(18(2)12-17)30-25(31)16-33-24-11-9-19(14-22(24)27)13-20(15-28)26(32)29-21-6-4-3-5-7-21/h3-14H,16H2,1-2H3,(H,29,32)(H,30,31)/b20-13+. The lowest BCUT2D eigenvalue weighted by Crippen LogP contribution is -2.20. The molecule has 2 N–H and O–H groups in total. The van der Waals surface area contributed by atoms with Gasteiger partial charge in [-0.3, -0.25) is 9.59 Å². The Morgan fingerprint density at radius 1 is 1.03 bits per heavy atom. The fourth-order valence-electron chi connectivity index (χ4n) is 3.04. The highest BCUT2D eigenvalue weighted by Crippen LogP contribution is 2.27. The predicted octanol–water partition coefficient (Wildman–Crippen LogP) is 5.63. The monoisotopic (exact) mass is 503 g/mol. The molecule has 3 rings (SSSR count). The largest absolute Gasteiger partial charge is 0.483 e. The first-order valence-corrected chi connectivity index (χ1v) is 10.9. The van der Waals surface area contributed by atoms with Crippen molar-refractivity contribution >= 4 is 45.2 Å². The first kappa shape index (κ1) is 23.8. The fraction of sp³-hybridized carbons (Fsp3) is 0.115. The van der Waals surface area contributed by atoms with Crippen molar-refractivity contribution in [2.45, 2.75) is 13.8 Å². The molecule has 0 radical (unpaired) electrons. The summed E-state index contributed by atoms with van der Waals surface area (Å²) in [5.41, 5.74) is 4.04. The molecule has 0 bridgehead atoms. The summed E-state index contributed by atoms with van der Waals surface area (Å²) in [6.45, 7) is 3.76. The smallest absolute Gasteiger partial charge is 0.266 e. The first-order valence-electron chi connectivity index (χ1n) is 10.1. The third kappa shape index (κ3) is 6.79. The van der Waals surface area contributed by atoms with Crippen molar-refractivity contribution < 1.29 is 14.3 Å². The van der Waals surface area contributed by atoms with Gasteiger partial charge in [-0.25, -0.2) is 0 Å². The van der Waals surface area contributed by atoms with Crippen LogP contribution < -0.4 is 15.4 Å². The van der Waals surface area contributed by atoms with Crippen LogP contribution in [0.1, 0.15) is 16.7 Å². The summed E-state index contributed by atoms with van der Waals surface area (Å²) in [5, 5.41) is 14.9. The number of ether oxygens (including phenoxy) is 1. The molecule has 33 heavy (non-hydrogen) atoms. The summed E-state index contributed by atoms with van der Waals surface area (Å²) >= 11 is 3.42. The Morgan fingerprint density at radius 2 is 1.79 bits per heavy atom. The Balaban J connectivity index is 1.63. The molecule has 0 aliphatic rings. The van der Waals surface area contributed by atoms with Crippen molar-refractivity contribution in [2.75, 3.05) is 17.2 Å². The van der Waals surface area contributed by atoms with Gasteiger partial charge in [0, 0.05) is 11.4 Å². The van der Waals surface area contributed by atoms with Crippen LogP contribution >= 0.6 is 15.9 Å². The Morgan fingerprint density at radius 3 is 2.45 bits per heavy atom. The third-order valence-corrected chi connectivity index (χ3v) is 5.30. The Bertz CT molecular complexity index is 1250. The van der Waals surface area contributed by atoms with Crippen molar-refractivity contribution in [3.63, 3.8) is 0 Å². The van der Waals surface area contributed by atoms with E-state index in [0.29, 0.717) is 21.5 Å². The van der Waals surface area contributed by atoms with Crippen molar-refractivity contribution in [1.82, 2.24) is 0 Å². The van der Waals surface area contributed by atoms with Gasteiger partial charge in [0.2, 0.25) is 0 Å². The summed E-state index contributed by atoms with van der Waals surface area (Å²) in [4.78, 5) is 24.7. The number of benzene rings is 3. The predicted molar refractivity (Wildman–Crippen MR) is 133 cm³/mol. The normalized spacial score (nSPS) is 10.8. The van der Waals surface area contributed by atoms with E-state index in [4.69, 9.17) is 4.74 Å². The van der Waals surface area contributed by atoms with Gasteiger partial charge in [-0.2, -0.15) is 5.26 Å². The molecule has 6 nitrogen and oxygen atoms in total. The number of amides is 2. The van der Waals surface area contributed by atoms with Crippen LogP contribution in [0.2, 0.25) is 0 Å². The molecular formula is C26H22BrN3O3. The molecule has 3 aromatic carbocycles. The quantitative estimate of drug-likeness (QED) is 0.322. The molecule has 166 valence electrons. The zero-order valence-electron chi connectivity index (χ0n) is 18.2. The molecule has 0 fully saturated rings. The number of rotatable bonds is 7. The minimum Gasteiger partial charge on any atom is -0.483 e. The molecule has 0 unspecified atom stereocenters.